The summed E-state index contributed by atoms with van der Waals surface area (Å²) in [6.45, 7) is 4.34. The lowest BCUT2D eigenvalue weighted by Gasteiger charge is -2.26. The fourth-order valence-electron chi connectivity index (χ4n) is 1.69. The van der Waals surface area contributed by atoms with E-state index in [-0.39, 0.29) is 5.54 Å². The maximum Gasteiger partial charge on any atom is 0.226 e. The fraction of sp³-hybridized carbons (Fsp3) is 0.600. The Balaban J connectivity index is 2.16. The molecule has 1 aromatic heterocycles. The van der Waals surface area contributed by atoms with Gasteiger partial charge in [0.05, 0.1) is 0 Å². The van der Waals surface area contributed by atoms with Crippen LogP contribution in [0.4, 0.5) is 11.8 Å². The highest BCUT2D eigenvalue weighted by atomic mass is 79.9. The van der Waals surface area contributed by atoms with Crippen LogP contribution in [0.2, 0.25) is 0 Å². The van der Waals surface area contributed by atoms with Crippen molar-refractivity contribution in [3.63, 3.8) is 0 Å². The van der Waals surface area contributed by atoms with Crippen LogP contribution < -0.4 is 11.1 Å². The van der Waals surface area contributed by atoms with Crippen molar-refractivity contribution in [1.82, 2.24) is 9.97 Å². The third-order valence-electron chi connectivity index (χ3n) is 2.75. The average molecular weight is 271 g/mol. The number of anilines is 2. The Kier molecular flexibility index (Phi) is 2.58. The molecule has 0 unspecified atom stereocenters. The van der Waals surface area contributed by atoms with E-state index in [9.17, 15) is 0 Å². The van der Waals surface area contributed by atoms with Crippen LogP contribution in [0.3, 0.4) is 0 Å². The molecule has 0 atom stereocenters. The number of nitrogens with one attached hydrogen (secondary N) is 1. The molecule has 0 spiro atoms. The number of nitrogens with zero attached hydrogens (tertiary/aromatic N) is 2. The molecular weight excluding hydrogens is 256 g/mol. The third-order valence-corrected chi connectivity index (χ3v) is 3.15. The van der Waals surface area contributed by atoms with Crippen LogP contribution in [-0.4, -0.2) is 15.5 Å². The Hall–Kier alpha value is -0.840. The van der Waals surface area contributed by atoms with Gasteiger partial charge in [-0.1, -0.05) is 0 Å². The number of nitrogen functional groups attached to an aromatic ring is 1. The molecule has 0 aliphatic heterocycles. The maximum atomic E-state index is 5.65. The number of hydrogen-bond acceptors (Lipinski definition) is 4. The Morgan fingerprint density at radius 1 is 1.47 bits per heavy atom. The first-order valence-electron chi connectivity index (χ1n) is 5.05. The van der Waals surface area contributed by atoms with E-state index >= 15 is 0 Å². The minimum absolute atomic E-state index is 0.0488. The van der Waals surface area contributed by atoms with E-state index in [4.69, 9.17) is 5.73 Å². The summed E-state index contributed by atoms with van der Waals surface area (Å²) in [5.74, 6) is 1.80. The molecule has 0 bridgehead atoms. The van der Waals surface area contributed by atoms with Crippen molar-refractivity contribution in [2.45, 2.75) is 32.2 Å². The molecule has 82 valence electrons. The molecule has 1 aliphatic carbocycles. The first-order chi connectivity index (χ1) is 6.97. The second kappa shape index (κ2) is 3.63. The molecule has 1 heterocycles. The van der Waals surface area contributed by atoms with Gasteiger partial charge in [-0.3, -0.25) is 0 Å². The van der Waals surface area contributed by atoms with Gasteiger partial charge >= 0.3 is 0 Å². The van der Waals surface area contributed by atoms with Crippen molar-refractivity contribution < 1.29 is 0 Å². The third kappa shape index (κ3) is 2.59. The first kappa shape index (κ1) is 10.7. The van der Waals surface area contributed by atoms with Crippen LogP contribution in [-0.2, 0) is 0 Å². The lowest BCUT2D eigenvalue weighted by atomic mass is 9.99. The zero-order chi connectivity index (χ0) is 11.1. The predicted octanol–water partition coefficient (Wildman–Crippen LogP) is 2.42. The van der Waals surface area contributed by atoms with Gasteiger partial charge in [0.2, 0.25) is 5.95 Å². The summed E-state index contributed by atoms with van der Waals surface area (Å²) in [5.41, 5.74) is 5.70. The molecule has 0 saturated heterocycles. The van der Waals surface area contributed by atoms with E-state index in [0.717, 1.165) is 5.92 Å². The topological polar surface area (TPSA) is 63.8 Å². The highest BCUT2D eigenvalue weighted by Crippen LogP contribution is 2.40. The second-order valence-corrected chi connectivity index (χ2v) is 5.37. The van der Waals surface area contributed by atoms with Crippen LogP contribution in [0.15, 0.2) is 10.7 Å². The van der Waals surface area contributed by atoms with Crippen LogP contribution >= 0.6 is 15.9 Å². The van der Waals surface area contributed by atoms with Gasteiger partial charge in [-0.05, 0) is 48.5 Å². The molecule has 4 nitrogen and oxygen atoms in total. The van der Waals surface area contributed by atoms with E-state index < -0.39 is 0 Å². The Labute approximate surface area is 97.8 Å². The van der Waals surface area contributed by atoms with Crippen LogP contribution in [0.25, 0.3) is 0 Å². The first-order valence-corrected chi connectivity index (χ1v) is 5.85. The lowest BCUT2D eigenvalue weighted by molar-refractivity contribution is 0.490. The zero-order valence-electron chi connectivity index (χ0n) is 8.92. The zero-order valence-corrected chi connectivity index (χ0v) is 10.5. The highest BCUT2D eigenvalue weighted by Gasteiger charge is 2.38. The summed E-state index contributed by atoms with van der Waals surface area (Å²) in [5, 5.41) is 3.33. The lowest BCUT2D eigenvalue weighted by Crippen LogP contribution is -2.34. The molecule has 1 fully saturated rings. The van der Waals surface area contributed by atoms with Gasteiger partial charge in [0.1, 0.15) is 10.4 Å². The van der Waals surface area contributed by atoms with Gasteiger partial charge in [-0.2, -0.15) is 4.98 Å². The standard InChI is InChI=1S/C10H15BrN4/c1-10(2,6-3-4-6)15-9-13-7(11)5-8(12)14-9/h5-6H,3-4H2,1-2H3,(H3,12,13,14,15). The molecule has 15 heavy (non-hydrogen) atoms. The summed E-state index contributed by atoms with van der Waals surface area (Å²) < 4.78 is 0.712. The summed E-state index contributed by atoms with van der Waals surface area (Å²) >= 11 is 3.30. The SMILES string of the molecule is CC(C)(Nc1nc(N)cc(Br)n1)C1CC1. The van der Waals surface area contributed by atoms with Gasteiger partial charge < -0.3 is 11.1 Å². The van der Waals surface area contributed by atoms with Gasteiger partial charge in [-0.25, -0.2) is 4.98 Å². The molecule has 1 aliphatic rings. The number of hydrogen-bond donors (Lipinski definition) is 2. The van der Waals surface area contributed by atoms with E-state index in [1.807, 2.05) is 0 Å². The van der Waals surface area contributed by atoms with Gasteiger partial charge in [0.25, 0.3) is 0 Å². The highest BCUT2D eigenvalue weighted by molar-refractivity contribution is 9.10. The Morgan fingerprint density at radius 2 is 2.13 bits per heavy atom. The largest absolute Gasteiger partial charge is 0.383 e. The number of halogens is 1. The Morgan fingerprint density at radius 3 is 2.67 bits per heavy atom. The molecule has 5 heteroatoms. The number of nitrogens with two attached hydrogens (primary N) is 1. The molecular formula is C10H15BrN4. The van der Waals surface area contributed by atoms with E-state index in [0.29, 0.717) is 16.4 Å². The number of rotatable bonds is 3. The quantitative estimate of drug-likeness (QED) is 0.829. The van der Waals surface area contributed by atoms with Crippen LogP contribution in [0.1, 0.15) is 26.7 Å². The second-order valence-electron chi connectivity index (χ2n) is 4.56. The van der Waals surface area contributed by atoms with E-state index in [1.165, 1.54) is 12.8 Å². The monoisotopic (exact) mass is 270 g/mol. The van der Waals surface area contributed by atoms with Crippen molar-refractivity contribution in [2.24, 2.45) is 5.92 Å². The average Bonchev–Trinajstić information content (AvgIpc) is 2.80. The van der Waals surface area contributed by atoms with Crippen molar-refractivity contribution in [2.75, 3.05) is 11.1 Å². The summed E-state index contributed by atoms with van der Waals surface area (Å²) in [6, 6.07) is 1.69. The van der Waals surface area contributed by atoms with E-state index in [2.05, 4.69) is 45.1 Å². The van der Waals surface area contributed by atoms with Crippen molar-refractivity contribution in [3.8, 4) is 0 Å². The van der Waals surface area contributed by atoms with Crippen LogP contribution in [0.5, 0.6) is 0 Å². The van der Waals surface area contributed by atoms with Crippen molar-refractivity contribution in [3.05, 3.63) is 10.7 Å². The van der Waals surface area contributed by atoms with E-state index in [1.54, 1.807) is 6.07 Å². The van der Waals surface area contributed by atoms with Gasteiger partial charge in [-0.15, -0.1) is 0 Å². The Bertz CT molecular complexity index is 353. The fourth-order valence-corrected chi connectivity index (χ4v) is 2.09. The molecule has 0 amide bonds. The molecule has 1 saturated carbocycles. The smallest absolute Gasteiger partial charge is 0.226 e. The molecule has 1 aromatic rings. The summed E-state index contributed by atoms with van der Waals surface area (Å²) in [4.78, 5) is 8.40. The maximum absolute atomic E-state index is 5.65. The predicted molar refractivity (Wildman–Crippen MR) is 64.6 cm³/mol. The number of aromatic nitrogens is 2. The van der Waals surface area contributed by atoms with Gasteiger partial charge in [0, 0.05) is 11.6 Å². The summed E-state index contributed by atoms with van der Waals surface area (Å²) in [6.07, 6.45) is 2.56. The minimum Gasteiger partial charge on any atom is -0.383 e. The minimum atomic E-state index is 0.0488. The van der Waals surface area contributed by atoms with Gasteiger partial charge in [0.15, 0.2) is 0 Å². The molecule has 0 aromatic carbocycles. The normalized spacial score (nSPS) is 16.5. The molecule has 0 radical (unpaired) electrons. The van der Waals surface area contributed by atoms with Crippen molar-refractivity contribution >= 4 is 27.7 Å². The van der Waals surface area contributed by atoms with Crippen LogP contribution in [0, 0.1) is 5.92 Å². The molecule has 2 rings (SSSR count). The van der Waals surface area contributed by atoms with Crippen molar-refractivity contribution in [1.29, 1.82) is 0 Å². The molecule has 3 N–H and O–H groups in total. The summed E-state index contributed by atoms with van der Waals surface area (Å²) in [7, 11) is 0.